The molecule has 0 aliphatic rings. The zero-order valence-electron chi connectivity index (χ0n) is 7.28. The molecule has 0 aliphatic carbocycles. The van der Waals surface area contributed by atoms with E-state index in [1.807, 2.05) is 5.38 Å². The molecule has 13 heavy (non-hydrogen) atoms. The van der Waals surface area contributed by atoms with Gasteiger partial charge in [0.2, 0.25) is 0 Å². The zero-order valence-corrected chi connectivity index (χ0v) is 8.10. The first-order valence-corrected chi connectivity index (χ1v) is 4.92. The monoisotopic (exact) mass is 194 g/mol. The van der Waals surface area contributed by atoms with Crippen LogP contribution in [0.3, 0.4) is 0 Å². The minimum Gasteiger partial charge on any atom is -0.313 e. The smallest absolute Gasteiger partial charge is 0.313 e. The highest BCUT2D eigenvalue weighted by Gasteiger charge is 2.01. The summed E-state index contributed by atoms with van der Waals surface area (Å²) in [6.45, 7) is 2.73. The number of thiophene rings is 1. The number of aryl methyl sites for hydroxylation is 1. The van der Waals surface area contributed by atoms with E-state index in [-0.39, 0.29) is 5.69 Å². The van der Waals surface area contributed by atoms with Gasteiger partial charge in [-0.1, -0.05) is 0 Å². The van der Waals surface area contributed by atoms with Crippen molar-refractivity contribution in [2.24, 2.45) is 0 Å². The van der Waals surface area contributed by atoms with Gasteiger partial charge in [-0.2, -0.15) is 0 Å². The number of H-pyrrole nitrogens is 1. The van der Waals surface area contributed by atoms with Gasteiger partial charge in [-0.3, -0.25) is 4.57 Å². The minimum atomic E-state index is -0.0483. The second kappa shape index (κ2) is 3.22. The fraction of sp³-hybridized carbons (Fsp3) is 0.222. The lowest BCUT2D eigenvalue weighted by molar-refractivity contribution is 0.769. The van der Waals surface area contributed by atoms with Crippen molar-refractivity contribution in [2.75, 3.05) is 0 Å². The van der Waals surface area contributed by atoms with E-state index in [1.165, 1.54) is 10.4 Å². The van der Waals surface area contributed by atoms with Crippen molar-refractivity contribution in [1.82, 2.24) is 9.55 Å². The third-order valence-corrected chi connectivity index (χ3v) is 3.01. The zero-order chi connectivity index (χ0) is 9.26. The van der Waals surface area contributed by atoms with E-state index in [1.54, 1.807) is 28.3 Å². The van der Waals surface area contributed by atoms with Gasteiger partial charge >= 0.3 is 5.69 Å². The first-order valence-electron chi connectivity index (χ1n) is 4.04. The molecule has 4 heteroatoms. The normalized spacial score (nSPS) is 10.5. The second-order valence-electron chi connectivity index (χ2n) is 2.92. The number of hydrogen-bond acceptors (Lipinski definition) is 2. The van der Waals surface area contributed by atoms with E-state index >= 15 is 0 Å². The number of hydrogen-bond donors (Lipinski definition) is 1. The number of aromatic amines is 1. The highest BCUT2D eigenvalue weighted by molar-refractivity contribution is 7.10. The summed E-state index contributed by atoms with van der Waals surface area (Å²) >= 11 is 1.68. The Kier molecular flexibility index (Phi) is 2.06. The molecule has 0 fully saturated rings. The summed E-state index contributed by atoms with van der Waals surface area (Å²) in [5.41, 5.74) is 1.20. The summed E-state index contributed by atoms with van der Waals surface area (Å²) in [7, 11) is 0. The molecular formula is C9H10N2OS. The van der Waals surface area contributed by atoms with Crippen molar-refractivity contribution < 1.29 is 0 Å². The Morgan fingerprint density at radius 3 is 3.00 bits per heavy atom. The predicted molar refractivity (Wildman–Crippen MR) is 53.2 cm³/mol. The van der Waals surface area contributed by atoms with Crippen LogP contribution in [0.1, 0.15) is 10.4 Å². The molecule has 1 N–H and O–H groups in total. The van der Waals surface area contributed by atoms with Gasteiger partial charge in [-0.15, -0.1) is 11.3 Å². The summed E-state index contributed by atoms with van der Waals surface area (Å²) in [4.78, 5) is 15.0. The number of nitrogens with one attached hydrogen (secondary N) is 1. The van der Waals surface area contributed by atoms with E-state index in [0.29, 0.717) is 6.54 Å². The van der Waals surface area contributed by atoms with Crippen LogP contribution in [-0.4, -0.2) is 9.55 Å². The molecule has 0 aromatic carbocycles. The summed E-state index contributed by atoms with van der Waals surface area (Å²) < 4.78 is 1.67. The standard InChI is InChI=1S/C9H10N2OS/c1-7-2-5-13-8(7)6-11-4-3-10-9(11)12/h2-5H,6H2,1H3,(H,10,12). The van der Waals surface area contributed by atoms with Crippen LogP contribution in [0.2, 0.25) is 0 Å². The van der Waals surface area contributed by atoms with Crippen molar-refractivity contribution in [3.8, 4) is 0 Å². The van der Waals surface area contributed by atoms with Gasteiger partial charge in [0.15, 0.2) is 0 Å². The lowest BCUT2D eigenvalue weighted by Crippen LogP contribution is -2.16. The van der Waals surface area contributed by atoms with Crippen LogP contribution >= 0.6 is 11.3 Å². The number of imidazole rings is 1. The van der Waals surface area contributed by atoms with Crippen LogP contribution in [0.15, 0.2) is 28.6 Å². The largest absolute Gasteiger partial charge is 0.325 e. The lowest BCUT2D eigenvalue weighted by atomic mass is 10.3. The van der Waals surface area contributed by atoms with E-state index in [0.717, 1.165) is 0 Å². The van der Waals surface area contributed by atoms with Crippen molar-refractivity contribution in [3.63, 3.8) is 0 Å². The Morgan fingerprint density at radius 1 is 1.62 bits per heavy atom. The number of rotatable bonds is 2. The number of aromatic nitrogens is 2. The molecule has 68 valence electrons. The van der Waals surface area contributed by atoms with Gasteiger partial charge in [-0.05, 0) is 23.9 Å². The van der Waals surface area contributed by atoms with Gasteiger partial charge < -0.3 is 4.98 Å². The maximum Gasteiger partial charge on any atom is 0.325 e. The minimum absolute atomic E-state index is 0.0483. The Hall–Kier alpha value is -1.29. The maximum atomic E-state index is 11.2. The van der Waals surface area contributed by atoms with Gasteiger partial charge in [0, 0.05) is 17.3 Å². The highest BCUT2D eigenvalue weighted by Crippen LogP contribution is 2.15. The van der Waals surface area contributed by atoms with Crippen molar-refractivity contribution in [1.29, 1.82) is 0 Å². The molecule has 0 spiro atoms. The fourth-order valence-corrected chi connectivity index (χ4v) is 2.10. The molecule has 2 aromatic heterocycles. The Bertz CT molecular complexity index is 452. The van der Waals surface area contributed by atoms with Gasteiger partial charge in [0.25, 0.3) is 0 Å². The van der Waals surface area contributed by atoms with Crippen molar-refractivity contribution in [2.45, 2.75) is 13.5 Å². The van der Waals surface area contributed by atoms with Gasteiger partial charge in [0.05, 0.1) is 6.54 Å². The summed E-state index contributed by atoms with van der Waals surface area (Å²) in [6, 6.07) is 2.07. The molecule has 0 saturated heterocycles. The average molecular weight is 194 g/mol. The van der Waals surface area contributed by atoms with E-state index in [9.17, 15) is 4.79 Å². The Balaban J connectivity index is 2.29. The average Bonchev–Trinajstić information content (AvgIpc) is 2.65. The molecule has 0 bridgehead atoms. The van der Waals surface area contributed by atoms with E-state index in [2.05, 4.69) is 18.0 Å². The summed E-state index contributed by atoms with van der Waals surface area (Å²) in [6.07, 6.45) is 3.42. The molecule has 2 heterocycles. The fourth-order valence-electron chi connectivity index (χ4n) is 1.19. The third-order valence-electron chi connectivity index (χ3n) is 2.00. The summed E-state index contributed by atoms with van der Waals surface area (Å²) in [5, 5.41) is 2.04. The maximum absolute atomic E-state index is 11.2. The van der Waals surface area contributed by atoms with Crippen LogP contribution in [0.5, 0.6) is 0 Å². The van der Waals surface area contributed by atoms with Gasteiger partial charge in [-0.25, -0.2) is 4.79 Å². The molecule has 0 unspecified atom stereocenters. The van der Waals surface area contributed by atoms with Crippen LogP contribution in [0.25, 0.3) is 0 Å². The molecule has 0 saturated carbocycles. The third kappa shape index (κ3) is 1.58. The molecule has 0 radical (unpaired) electrons. The van der Waals surface area contributed by atoms with Crippen LogP contribution in [0, 0.1) is 6.92 Å². The highest BCUT2D eigenvalue weighted by atomic mass is 32.1. The number of nitrogens with zero attached hydrogens (tertiary/aromatic N) is 1. The topological polar surface area (TPSA) is 37.8 Å². The van der Waals surface area contributed by atoms with Gasteiger partial charge in [0.1, 0.15) is 0 Å². The Labute approximate surface area is 79.7 Å². The molecule has 2 aromatic rings. The van der Waals surface area contributed by atoms with Crippen LogP contribution < -0.4 is 5.69 Å². The van der Waals surface area contributed by atoms with E-state index in [4.69, 9.17) is 0 Å². The molecule has 0 aliphatic heterocycles. The molecule has 2 rings (SSSR count). The Morgan fingerprint density at radius 2 is 2.46 bits per heavy atom. The predicted octanol–water partition coefficient (Wildman–Crippen LogP) is 1.59. The molecule has 0 amide bonds. The lowest BCUT2D eigenvalue weighted by Gasteiger charge is -1.98. The summed E-state index contributed by atoms with van der Waals surface area (Å²) in [5.74, 6) is 0. The molecule has 0 atom stereocenters. The molecule has 3 nitrogen and oxygen atoms in total. The quantitative estimate of drug-likeness (QED) is 0.774. The van der Waals surface area contributed by atoms with E-state index < -0.39 is 0 Å². The first kappa shape index (κ1) is 8.31. The van der Waals surface area contributed by atoms with Crippen molar-refractivity contribution in [3.05, 3.63) is 44.8 Å². The van der Waals surface area contributed by atoms with Crippen LogP contribution in [-0.2, 0) is 6.54 Å². The second-order valence-corrected chi connectivity index (χ2v) is 3.92. The molecular weight excluding hydrogens is 184 g/mol. The van der Waals surface area contributed by atoms with Crippen LogP contribution in [0.4, 0.5) is 0 Å². The SMILES string of the molecule is Cc1ccsc1Cn1cc[nH]c1=O. The first-order chi connectivity index (χ1) is 6.27. The van der Waals surface area contributed by atoms with Crippen molar-refractivity contribution >= 4 is 11.3 Å².